The Bertz CT molecular complexity index is 1370. The normalized spacial score (nSPS) is 12.2. The summed E-state index contributed by atoms with van der Waals surface area (Å²) in [5.74, 6) is -0.204. The van der Waals surface area contributed by atoms with E-state index in [0.717, 1.165) is 21.7 Å². The molecule has 3 aromatic carbocycles. The van der Waals surface area contributed by atoms with Gasteiger partial charge >= 0.3 is 0 Å². The summed E-state index contributed by atoms with van der Waals surface area (Å²) >= 11 is 0. The molecule has 2 amide bonds. The first-order valence-electron chi connectivity index (χ1n) is 13.9. The third kappa shape index (κ3) is 10.3. The summed E-state index contributed by atoms with van der Waals surface area (Å²) in [5.41, 5.74) is 2.12. The van der Waals surface area contributed by atoms with E-state index in [9.17, 15) is 18.0 Å². The van der Waals surface area contributed by atoms with Crippen LogP contribution < -0.4 is 10.1 Å². The second-order valence-corrected chi connectivity index (χ2v) is 12.2. The number of carbonyl (C=O) groups is 2. The lowest BCUT2D eigenvalue weighted by Gasteiger charge is -2.33. The fourth-order valence-corrected chi connectivity index (χ4v) is 5.11. The van der Waals surface area contributed by atoms with Crippen molar-refractivity contribution in [3.63, 3.8) is 0 Å². The van der Waals surface area contributed by atoms with Crippen molar-refractivity contribution in [2.24, 2.45) is 0 Å². The van der Waals surface area contributed by atoms with Crippen molar-refractivity contribution in [2.75, 3.05) is 33.1 Å². The predicted molar refractivity (Wildman–Crippen MR) is 163 cm³/mol. The van der Waals surface area contributed by atoms with Gasteiger partial charge in [-0.25, -0.2) is 8.42 Å². The largest absolute Gasteiger partial charge is 0.497 e. The highest BCUT2D eigenvalue weighted by atomic mass is 32.2. The maximum atomic E-state index is 14.1. The summed E-state index contributed by atoms with van der Waals surface area (Å²) in [6, 6.07) is 24.3. The topological polar surface area (TPSA) is 105 Å². The molecule has 0 aliphatic rings. The van der Waals surface area contributed by atoms with E-state index in [-0.39, 0.29) is 25.1 Å². The molecule has 1 N–H and O–H groups in total. The van der Waals surface area contributed by atoms with Gasteiger partial charge < -0.3 is 19.7 Å². The number of benzene rings is 3. The Hall–Kier alpha value is -3.73. The molecule has 0 aliphatic carbocycles. The quantitative estimate of drug-likeness (QED) is 0.250. The van der Waals surface area contributed by atoms with Gasteiger partial charge in [0.05, 0.1) is 26.0 Å². The van der Waals surface area contributed by atoms with E-state index in [4.69, 9.17) is 9.47 Å². The average molecular weight is 596 g/mol. The Balaban J connectivity index is 1.95. The molecule has 1 atom stereocenters. The Morgan fingerprint density at radius 3 is 2.02 bits per heavy atom. The van der Waals surface area contributed by atoms with E-state index >= 15 is 0 Å². The molecule has 1 unspecified atom stereocenters. The molecule has 42 heavy (non-hydrogen) atoms. The van der Waals surface area contributed by atoms with E-state index in [1.807, 2.05) is 50.2 Å². The molecule has 0 bridgehead atoms. The van der Waals surface area contributed by atoms with Gasteiger partial charge in [0.2, 0.25) is 21.8 Å². The fraction of sp³-hybridized carbons (Fsp3) is 0.375. The van der Waals surface area contributed by atoms with E-state index in [1.165, 1.54) is 4.90 Å². The number of amides is 2. The van der Waals surface area contributed by atoms with Crippen LogP contribution in [-0.4, -0.2) is 68.6 Å². The number of carbonyl (C=O) groups excluding carboxylic acids is 2. The lowest BCUT2D eigenvalue weighted by Crippen LogP contribution is -2.48. The molecule has 0 saturated carbocycles. The molecule has 0 saturated heterocycles. The van der Waals surface area contributed by atoms with Gasteiger partial charge in [-0.1, -0.05) is 72.8 Å². The summed E-state index contributed by atoms with van der Waals surface area (Å²) < 4.78 is 37.6. The van der Waals surface area contributed by atoms with Crippen LogP contribution in [0.15, 0.2) is 84.9 Å². The minimum atomic E-state index is -3.76. The second-order valence-electron chi connectivity index (χ2n) is 10.3. The molecule has 0 fully saturated rings. The zero-order valence-electron chi connectivity index (χ0n) is 24.7. The van der Waals surface area contributed by atoms with Crippen LogP contribution in [0.4, 0.5) is 0 Å². The van der Waals surface area contributed by atoms with Crippen molar-refractivity contribution in [3.05, 3.63) is 102 Å². The van der Waals surface area contributed by atoms with Crippen molar-refractivity contribution < 1.29 is 27.5 Å². The van der Waals surface area contributed by atoms with Gasteiger partial charge in [0.15, 0.2) is 0 Å². The standard InChI is InChI=1S/C32H41N3O6S/c1-25(2)41-21-11-20-33-32(37)31(28-14-9-6-10-15-28)35(23-27-16-18-29(40-3)19-17-27)30(36)24-34(42(4,38)39)22-26-12-7-5-8-13-26/h5-10,12-19,25,31H,11,20-24H2,1-4H3,(H,33,37). The van der Waals surface area contributed by atoms with Crippen molar-refractivity contribution >= 4 is 21.8 Å². The first kappa shape index (κ1) is 32.8. The highest BCUT2D eigenvalue weighted by Crippen LogP contribution is 2.25. The SMILES string of the molecule is COc1ccc(CN(C(=O)CN(Cc2ccccc2)S(C)(=O)=O)C(C(=O)NCCCOC(C)C)c2ccccc2)cc1. The zero-order valence-corrected chi connectivity index (χ0v) is 25.5. The molecule has 0 heterocycles. The first-order chi connectivity index (χ1) is 20.1. The number of rotatable bonds is 16. The van der Waals surface area contributed by atoms with Gasteiger partial charge in [-0.05, 0) is 49.1 Å². The number of hydrogen-bond donors (Lipinski definition) is 1. The van der Waals surface area contributed by atoms with Crippen molar-refractivity contribution in [1.82, 2.24) is 14.5 Å². The minimum Gasteiger partial charge on any atom is -0.497 e. The molecule has 10 heteroatoms. The highest BCUT2D eigenvalue weighted by Gasteiger charge is 2.33. The van der Waals surface area contributed by atoms with Gasteiger partial charge in [-0.2, -0.15) is 4.31 Å². The van der Waals surface area contributed by atoms with Crippen LogP contribution in [0.1, 0.15) is 43.0 Å². The molecule has 226 valence electrons. The number of nitrogens with one attached hydrogen (secondary N) is 1. The van der Waals surface area contributed by atoms with Crippen LogP contribution in [0.25, 0.3) is 0 Å². The maximum absolute atomic E-state index is 14.1. The monoisotopic (exact) mass is 595 g/mol. The van der Waals surface area contributed by atoms with E-state index in [2.05, 4.69) is 5.32 Å². The van der Waals surface area contributed by atoms with Gasteiger partial charge in [-0.3, -0.25) is 9.59 Å². The molecular formula is C32H41N3O6S. The van der Waals surface area contributed by atoms with Crippen LogP contribution in [0.2, 0.25) is 0 Å². The van der Waals surface area contributed by atoms with Gasteiger partial charge in [-0.15, -0.1) is 0 Å². The maximum Gasteiger partial charge on any atom is 0.247 e. The summed E-state index contributed by atoms with van der Waals surface area (Å²) in [6.07, 6.45) is 1.78. The Morgan fingerprint density at radius 1 is 0.857 bits per heavy atom. The zero-order chi connectivity index (χ0) is 30.5. The molecule has 3 aromatic rings. The average Bonchev–Trinajstić information content (AvgIpc) is 2.97. The molecule has 0 radical (unpaired) electrons. The molecule has 0 aromatic heterocycles. The second kappa shape index (κ2) is 16.1. The fourth-order valence-electron chi connectivity index (χ4n) is 4.38. The van der Waals surface area contributed by atoms with Crippen LogP contribution in [0.3, 0.4) is 0 Å². The molecule has 9 nitrogen and oxygen atoms in total. The van der Waals surface area contributed by atoms with Crippen LogP contribution in [0, 0.1) is 0 Å². The number of ether oxygens (including phenoxy) is 2. The van der Waals surface area contributed by atoms with E-state index < -0.39 is 28.5 Å². The lowest BCUT2D eigenvalue weighted by atomic mass is 10.0. The summed E-state index contributed by atoms with van der Waals surface area (Å²) in [5, 5.41) is 2.95. The Labute approximate surface area is 249 Å². The van der Waals surface area contributed by atoms with Gasteiger partial charge in [0.1, 0.15) is 11.8 Å². The highest BCUT2D eigenvalue weighted by molar-refractivity contribution is 7.88. The van der Waals surface area contributed by atoms with E-state index in [1.54, 1.807) is 55.6 Å². The van der Waals surface area contributed by atoms with Crippen molar-refractivity contribution in [2.45, 2.75) is 45.5 Å². The molecule has 0 aliphatic heterocycles. The predicted octanol–water partition coefficient (Wildman–Crippen LogP) is 4.16. The van der Waals surface area contributed by atoms with E-state index in [0.29, 0.717) is 30.9 Å². The summed E-state index contributed by atoms with van der Waals surface area (Å²) in [7, 11) is -2.19. The molecular weight excluding hydrogens is 554 g/mol. The summed E-state index contributed by atoms with van der Waals surface area (Å²) in [4.78, 5) is 29.3. The number of sulfonamides is 1. The van der Waals surface area contributed by atoms with Crippen LogP contribution >= 0.6 is 0 Å². The smallest absolute Gasteiger partial charge is 0.247 e. The first-order valence-corrected chi connectivity index (χ1v) is 15.8. The van der Waals surface area contributed by atoms with Crippen molar-refractivity contribution in [1.29, 1.82) is 0 Å². The van der Waals surface area contributed by atoms with Crippen LogP contribution in [0.5, 0.6) is 5.75 Å². The van der Waals surface area contributed by atoms with Crippen LogP contribution in [-0.2, 0) is 37.4 Å². The number of methoxy groups -OCH3 is 1. The minimum absolute atomic E-state index is 0.0276. The Kier molecular flexibility index (Phi) is 12.5. The number of nitrogens with zero attached hydrogens (tertiary/aromatic N) is 2. The van der Waals surface area contributed by atoms with Crippen molar-refractivity contribution in [3.8, 4) is 5.75 Å². The number of hydrogen-bond acceptors (Lipinski definition) is 6. The lowest BCUT2D eigenvalue weighted by molar-refractivity contribution is -0.141. The summed E-state index contributed by atoms with van der Waals surface area (Å²) in [6.45, 7) is 4.43. The Morgan fingerprint density at radius 2 is 1.45 bits per heavy atom. The third-order valence-corrected chi connectivity index (χ3v) is 7.76. The van der Waals surface area contributed by atoms with Gasteiger partial charge in [0, 0.05) is 26.2 Å². The molecule has 3 rings (SSSR count). The third-order valence-electron chi connectivity index (χ3n) is 6.56. The van der Waals surface area contributed by atoms with Gasteiger partial charge in [0.25, 0.3) is 0 Å². The molecule has 0 spiro atoms.